The highest BCUT2D eigenvalue weighted by molar-refractivity contribution is 7.22. The number of nitrogens with zero attached hydrogens (tertiary/aromatic N) is 2. The maximum atomic E-state index is 13.8. The summed E-state index contributed by atoms with van der Waals surface area (Å²) in [6, 6.07) is 26.0. The highest BCUT2D eigenvalue weighted by Crippen LogP contribution is 2.47. The van der Waals surface area contributed by atoms with Crippen molar-refractivity contribution in [3.05, 3.63) is 108 Å². The minimum atomic E-state index is -0.866. The Morgan fingerprint density at radius 3 is 2.23 bits per heavy atom. The van der Waals surface area contributed by atoms with Gasteiger partial charge in [-0.15, -0.1) is 11.3 Å². The number of nitrogens with one attached hydrogen (secondary N) is 2. The fourth-order valence-corrected chi connectivity index (χ4v) is 7.99. The van der Waals surface area contributed by atoms with Crippen LogP contribution in [0.1, 0.15) is 44.7 Å². The molecule has 0 radical (unpaired) electrons. The zero-order valence-corrected chi connectivity index (χ0v) is 35.8. The number of fused-ring (bicyclic) bond motifs is 1. The molecule has 1 aromatic heterocycles. The first-order chi connectivity index (χ1) is 29.9. The van der Waals surface area contributed by atoms with Crippen molar-refractivity contribution in [1.29, 1.82) is 5.26 Å². The number of carbonyl (C=O) groups excluding carboxylic acids is 3. The number of phenolic OH excluding ortho intramolecular Hbond substituents is 1. The molecule has 0 saturated carbocycles. The topological polar surface area (TPSA) is 169 Å². The molecule has 3 amide bonds. The van der Waals surface area contributed by atoms with E-state index in [1.54, 1.807) is 83.8 Å². The Kier molecular flexibility index (Phi) is 15.9. The maximum Gasteiger partial charge on any atom is 0.246 e. The Labute approximate surface area is 364 Å². The molecule has 2 heterocycles. The van der Waals surface area contributed by atoms with Crippen LogP contribution in [0.4, 0.5) is 4.39 Å². The first kappa shape index (κ1) is 45.5. The second-order valence-electron chi connectivity index (χ2n) is 15.7. The van der Waals surface area contributed by atoms with Crippen molar-refractivity contribution in [3.63, 3.8) is 0 Å². The molecule has 4 aromatic carbocycles. The zero-order valence-electron chi connectivity index (χ0n) is 35.0. The van der Waals surface area contributed by atoms with Crippen molar-refractivity contribution in [2.75, 3.05) is 52.8 Å². The monoisotopic (exact) mass is 866 g/mol. The number of thiophene rings is 1. The lowest BCUT2D eigenvalue weighted by Gasteiger charge is -2.35. The second-order valence-corrected chi connectivity index (χ2v) is 16.8. The van der Waals surface area contributed by atoms with Crippen LogP contribution in [-0.4, -0.2) is 92.6 Å². The predicted molar refractivity (Wildman–Crippen MR) is 232 cm³/mol. The van der Waals surface area contributed by atoms with Gasteiger partial charge in [-0.2, -0.15) is 5.26 Å². The number of hydrogen-bond acceptors (Lipinski definition) is 11. The number of ether oxygens (including phenoxy) is 5. The van der Waals surface area contributed by atoms with Crippen LogP contribution in [0.15, 0.2) is 91.0 Å². The van der Waals surface area contributed by atoms with Crippen molar-refractivity contribution >= 4 is 39.1 Å². The van der Waals surface area contributed by atoms with Crippen molar-refractivity contribution < 1.29 is 47.6 Å². The van der Waals surface area contributed by atoms with Crippen LogP contribution in [-0.2, 0) is 35.1 Å². The number of aromatic hydroxyl groups is 1. The number of amides is 3. The minimum Gasteiger partial charge on any atom is -0.508 e. The molecule has 2 unspecified atom stereocenters. The third kappa shape index (κ3) is 12.5. The van der Waals surface area contributed by atoms with Gasteiger partial charge in [-0.1, -0.05) is 45.0 Å². The SMILES string of the molecule is CC(C)(C)C(NC(=O)COCCOCCOCCOc1ccc(Oc2c(-c3ccc(F)cc3)sc3cc(O)ccc23)cc1)C(=O)N1CCCC1C(=O)NCc1ccc(C#N)cc1. The Hall–Kier alpha value is -6.05. The molecule has 2 atom stereocenters. The molecule has 5 aromatic rings. The largest absolute Gasteiger partial charge is 0.508 e. The van der Waals surface area contributed by atoms with E-state index in [0.717, 1.165) is 26.1 Å². The molecule has 0 spiro atoms. The van der Waals surface area contributed by atoms with Crippen molar-refractivity contribution in [2.45, 2.75) is 52.2 Å². The third-order valence-corrected chi connectivity index (χ3v) is 11.2. The average molecular weight is 867 g/mol. The van der Waals surface area contributed by atoms with Crippen molar-refractivity contribution in [2.24, 2.45) is 5.41 Å². The molecular weight excluding hydrogens is 816 g/mol. The van der Waals surface area contributed by atoms with E-state index in [1.807, 2.05) is 20.8 Å². The van der Waals surface area contributed by atoms with Crippen LogP contribution in [0.25, 0.3) is 20.5 Å². The first-order valence-electron chi connectivity index (χ1n) is 20.4. The van der Waals surface area contributed by atoms with Crippen LogP contribution in [0, 0.1) is 22.6 Å². The molecule has 1 fully saturated rings. The average Bonchev–Trinajstić information content (AvgIpc) is 3.89. The summed E-state index contributed by atoms with van der Waals surface area (Å²) in [5, 5.41) is 25.6. The van der Waals surface area contributed by atoms with Gasteiger partial charge < -0.3 is 44.3 Å². The standard InChI is InChI=1S/C47H51FN4O9S/c1-47(2,3)44(46(56)52-20-4-5-39(52)45(55)50-29-32-8-6-31(28-49)7-9-32)51-41(54)30-59-24-23-57-21-22-58-25-26-60-36-15-17-37(18-16-36)61-42-38-19-14-35(53)27-40(38)62-43(42)33-10-12-34(48)13-11-33/h6-19,27,39,44,53H,4-5,20-26,29-30H2,1-3H3,(H,50,55)(H,51,54). The van der Waals surface area contributed by atoms with Gasteiger partial charge in [-0.25, -0.2) is 4.39 Å². The van der Waals surface area contributed by atoms with Gasteiger partial charge in [-0.05, 0) is 96.1 Å². The molecule has 62 heavy (non-hydrogen) atoms. The number of benzene rings is 4. The highest BCUT2D eigenvalue weighted by Gasteiger charge is 2.41. The molecule has 6 rings (SSSR count). The van der Waals surface area contributed by atoms with E-state index < -0.39 is 23.4 Å². The summed E-state index contributed by atoms with van der Waals surface area (Å²) in [6.45, 7) is 7.71. The number of likely N-dealkylation sites (tertiary alicyclic amines) is 1. The Morgan fingerprint density at radius 2 is 1.55 bits per heavy atom. The van der Waals surface area contributed by atoms with Crippen LogP contribution in [0.3, 0.4) is 0 Å². The van der Waals surface area contributed by atoms with Crippen LogP contribution in [0.2, 0.25) is 0 Å². The van der Waals surface area contributed by atoms with E-state index in [1.165, 1.54) is 23.5 Å². The molecule has 1 aliphatic rings. The Balaban J connectivity index is 0.846. The van der Waals surface area contributed by atoms with Gasteiger partial charge in [-0.3, -0.25) is 14.4 Å². The van der Waals surface area contributed by atoms with Gasteiger partial charge in [0.05, 0.1) is 49.5 Å². The van der Waals surface area contributed by atoms with Crippen molar-refractivity contribution in [1.82, 2.24) is 15.5 Å². The van der Waals surface area contributed by atoms with Crippen LogP contribution in [0.5, 0.6) is 23.0 Å². The fourth-order valence-electron chi connectivity index (χ4n) is 6.82. The van der Waals surface area contributed by atoms with Gasteiger partial charge in [0.1, 0.15) is 48.4 Å². The normalized spacial score (nSPS) is 14.3. The summed E-state index contributed by atoms with van der Waals surface area (Å²) in [5.74, 6) is 0.638. The van der Waals surface area contributed by atoms with Gasteiger partial charge in [0.15, 0.2) is 5.75 Å². The highest BCUT2D eigenvalue weighted by atomic mass is 32.1. The van der Waals surface area contributed by atoms with Crippen molar-refractivity contribution in [3.8, 4) is 39.5 Å². The summed E-state index contributed by atoms with van der Waals surface area (Å²) in [7, 11) is 0. The third-order valence-electron chi connectivity index (χ3n) is 10.1. The number of carbonyl (C=O) groups is 3. The number of rotatable bonds is 20. The van der Waals surface area contributed by atoms with E-state index in [0.29, 0.717) is 68.6 Å². The second kappa shape index (κ2) is 21.7. The van der Waals surface area contributed by atoms with Crippen LogP contribution >= 0.6 is 11.3 Å². The lowest BCUT2D eigenvalue weighted by Crippen LogP contribution is -2.58. The molecule has 0 aliphatic carbocycles. The molecule has 13 nitrogen and oxygen atoms in total. The summed E-state index contributed by atoms with van der Waals surface area (Å²) >= 11 is 1.45. The van der Waals surface area contributed by atoms with E-state index >= 15 is 0 Å². The molecule has 15 heteroatoms. The summed E-state index contributed by atoms with van der Waals surface area (Å²) in [6.07, 6.45) is 1.20. The summed E-state index contributed by atoms with van der Waals surface area (Å²) in [4.78, 5) is 42.1. The number of nitriles is 1. The quantitative estimate of drug-likeness (QED) is 0.0674. The van der Waals surface area contributed by atoms with E-state index in [4.69, 9.17) is 28.9 Å². The number of phenols is 1. The minimum absolute atomic E-state index is 0.150. The van der Waals surface area contributed by atoms with E-state index in [-0.39, 0.29) is 49.7 Å². The summed E-state index contributed by atoms with van der Waals surface area (Å²) < 4.78 is 43.3. The number of hydrogen-bond donors (Lipinski definition) is 3. The maximum absolute atomic E-state index is 13.8. The smallest absolute Gasteiger partial charge is 0.246 e. The summed E-state index contributed by atoms with van der Waals surface area (Å²) in [5.41, 5.74) is 1.55. The molecule has 0 bridgehead atoms. The molecule has 1 saturated heterocycles. The zero-order chi connectivity index (χ0) is 44.1. The Bertz CT molecular complexity index is 2320. The fraction of sp³-hybridized carbons (Fsp3) is 0.362. The lowest BCUT2D eigenvalue weighted by molar-refractivity contribution is -0.144. The lowest BCUT2D eigenvalue weighted by atomic mass is 9.85. The number of halogens is 1. The molecule has 1 aliphatic heterocycles. The molecule has 326 valence electrons. The van der Waals surface area contributed by atoms with Gasteiger partial charge in [0.2, 0.25) is 17.7 Å². The predicted octanol–water partition coefficient (Wildman–Crippen LogP) is 7.34. The Morgan fingerprint density at radius 1 is 0.887 bits per heavy atom. The van der Waals surface area contributed by atoms with Gasteiger partial charge in [0, 0.05) is 23.2 Å². The van der Waals surface area contributed by atoms with E-state index in [2.05, 4.69) is 16.7 Å². The van der Waals surface area contributed by atoms with Crippen LogP contribution < -0.4 is 20.1 Å². The first-order valence-corrected chi connectivity index (χ1v) is 21.2. The van der Waals surface area contributed by atoms with E-state index in [9.17, 15) is 23.9 Å². The van der Waals surface area contributed by atoms with Gasteiger partial charge in [0.25, 0.3) is 0 Å². The van der Waals surface area contributed by atoms with Gasteiger partial charge >= 0.3 is 0 Å². The molecule has 3 N–H and O–H groups in total. The molecular formula is C47H51FN4O9S.